The molecule has 0 aromatic heterocycles. The van der Waals surface area contributed by atoms with Crippen molar-refractivity contribution in [3.63, 3.8) is 0 Å². The van der Waals surface area contributed by atoms with E-state index in [0.29, 0.717) is 13.2 Å². The van der Waals surface area contributed by atoms with E-state index >= 15 is 0 Å². The minimum Gasteiger partial charge on any atom is -0.497 e. The minimum absolute atomic E-state index is 0.00750. The average Bonchev–Trinajstić information content (AvgIpc) is 2.58. The smallest absolute Gasteiger partial charge is 0.330 e. The van der Waals surface area contributed by atoms with Gasteiger partial charge in [-0.15, -0.1) is 6.58 Å². The van der Waals surface area contributed by atoms with Crippen molar-refractivity contribution in [1.29, 1.82) is 0 Å². The molecule has 4 nitrogen and oxygen atoms in total. The Morgan fingerprint density at radius 1 is 1.30 bits per heavy atom. The van der Waals surface area contributed by atoms with E-state index in [1.54, 1.807) is 14.0 Å². The van der Waals surface area contributed by atoms with Gasteiger partial charge in [0.1, 0.15) is 5.75 Å². The lowest BCUT2D eigenvalue weighted by molar-refractivity contribution is -0.137. The first kappa shape index (κ1) is 19.0. The number of methoxy groups -OCH3 is 1. The molecule has 0 aliphatic carbocycles. The van der Waals surface area contributed by atoms with E-state index in [2.05, 4.69) is 6.58 Å². The van der Waals surface area contributed by atoms with Gasteiger partial charge in [0.25, 0.3) is 0 Å². The zero-order valence-corrected chi connectivity index (χ0v) is 14.0. The summed E-state index contributed by atoms with van der Waals surface area (Å²) in [6.45, 7) is 6.55. The van der Waals surface area contributed by atoms with Crippen molar-refractivity contribution in [2.24, 2.45) is 0 Å². The molecule has 23 heavy (non-hydrogen) atoms. The molecule has 0 amide bonds. The standard InChI is InChI=1S/C19H26O4/c1-4-17(9-7-6-8-10-19(20)22-5-2)23-15-16-11-13-18(21-3)14-12-16/h4,8,10-14,17H,1,5-7,9,15H2,2-3H3/b10-8+/t17-/m1/s1. The van der Waals surface area contributed by atoms with Gasteiger partial charge in [0.05, 0.1) is 26.4 Å². The van der Waals surface area contributed by atoms with Gasteiger partial charge in [0.2, 0.25) is 0 Å². The first-order chi connectivity index (χ1) is 11.2. The topological polar surface area (TPSA) is 44.8 Å². The molecule has 0 N–H and O–H groups in total. The number of carbonyl (C=O) groups is 1. The maximum absolute atomic E-state index is 11.1. The van der Waals surface area contributed by atoms with E-state index in [-0.39, 0.29) is 12.1 Å². The molecule has 0 saturated heterocycles. The SMILES string of the molecule is C=C[C@H](CCC/C=C/C(=O)OCC)OCc1ccc(OC)cc1. The van der Waals surface area contributed by atoms with Crippen LogP contribution in [0.25, 0.3) is 0 Å². The van der Waals surface area contributed by atoms with Gasteiger partial charge >= 0.3 is 5.97 Å². The first-order valence-corrected chi connectivity index (χ1v) is 7.90. The molecule has 0 spiro atoms. The third-order valence-electron chi connectivity index (χ3n) is 3.29. The van der Waals surface area contributed by atoms with E-state index < -0.39 is 0 Å². The second kappa shape index (κ2) is 11.5. The number of unbranched alkanes of at least 4 members (excludes halogenated alkanes) is 1. The maximum Gasteiger partial charge on any atom is 0.330 e. The van der Waals surface area contributed by atoms with Crippen LogP contribution in [0.5, 0.6) is 5.75 Å². The summed E-state index contributed by atoms with van der Waals surface area (Å²) in [7, 11) is 1.65. The highest BCUT2D eigenvalue weighted by Gasteiger charge is 2.04. The summed E-state index contributed by atoms with van der Waals surface area (Å²) in [6.07, 6.45) is 7.75. The van der Waals surface area contributed by atoms with Crippen LogP contribution in [0.4, 0.5) is 0 Å². The summed E-state index contributed by atoms with van der Waals surface area (Å²) < 4.78 is 15.8. The quantitative estimate of drug-likeness (QED) is 0.267. The van der Waals surface area contributed by atoms with Crippen molar-refractivity contribution in [2.75, 3.05) is 13.7 Å². The van der Waals surface area contributed by atoms with E-state index in [0.717, 1.165) is 30.6 Å². The van der Waals surface area contributed by atoms with E-state index in [9.17, 15) is 4.79 Å². The van der Waals surface area contributed by atoms with E-state index in [1.165, 1.54) is 6.08 Å². The molecule has 0 unspecified atom stereocenters. The summed E-state index contributed by atoms with van der Waals surface area (Å²) in [5.41, 5.74) is 1.10. The molecule has 0 fully saturated rings. The average molecular weight is 318 g/mol. The number of allylic oxidation sites excluding steroid dienone is 1. The van der Waals surface area contributed by atoms with Gasteiger partial charge in [0.15, 0.2) is 0 Å². The molecule has 1 aromatic carbocycles. The zero-order valence-electron chi connectivity index (χ0n) is 14.0. The van der Waals surface area contributed by atoms with Crippen LogP contribution in [-0.2, 0) is 20.9 Å². The number of carbonyl (C=O) groups excluding carboxylic acids is 1. The summed E-state index contributed by atoms with van der Waals surface area (Å²) in [5.74, 6) is 0.547. The highest BCUT2D eigenvalue weighted by atomic mass is 16.5. The van der Waals surface area contributed by atoms with Crippen molar-refractivity contribution >= 4 is 5.97 Å². The molecule has 4 heteroatoms. The summed E-state index contributed by atoms with van der Waals surface area (Å²) in [6, 6.07) is 7.81. The van der Waals surface area contributed by atoms with Crippen LogP contribution < -0.4 is 4.74 Å². The number of hydrogen-bond donors (Lipinski definition) is 0. The lowest BCUT2D eigenvalue weighted by Gasteiger charge is -2.13. The Hall–Kier alpha value is -2.07. The Morgan fingerprint density at radius 3 is 2.65 bits per heavy atom. The largest absolute Gasteiger partial charge is 0.497 e. The van der Waals surface area contributed by atoms with Crippen molar-refractivity contribution in [3.8, 4) is 5.75 Å². The van der Waals surface area contributed by atoms with Crippen LogP contribution in [0.2, 0.25) is 0 Å². The van der Waals surface area contributed by atoms with E-state index in [4.69, 9.17) is 14.2 Å². The van der Waals surface area contributed by atoms with Crippen LogP contribution in [0, 0.1) is 0 Å². The van der Waals surface area contributed by atoms with Crippen molar-refractivity contribution < 1.29 is 19.0 Å². The molecule has 0 heterocycles. The fraction of sp³-hybridized carbons (Fsp3) is 0.421. The number of benzene rings is 1. The molecule has 0 aliphatic rings. The predicted molar refractivity (Wildman–Crippen MR) is 91.4 cm³/mol. The van der Waals surface area contributed by atoms with Gasteiger partial charge in [-0.3, -0.25) is 0 Å². The zero-order chi connectivity index (χ0) is 16.9. The lowest BCUT2D eigenvalue weighted by Crippen LogP contribution is -2.09. The fourth-order valence-corrected chi connectivity index (χ4v) is 2.00. The second-order valence-electron chi connectivity index (χ2n) is 5.02. The number of esters is 1. The van der Waals surface area contributed by atoms with Crippen LogP contribution >= 0.6 is 0 Å². The molecule has 0 aliphatic heterocycles. The predicted octanol–water partition coefficient (Wildman–Crippen LogP) is 4.06. The van der Waals surface area contributed by atoms with Crippen molar-refractivity contribution in [1.82, 2.24) is 0 Å². The van der Waals surface area contributed by atoms with E-state index in [1.807, 2.05) is 36.4 Å². The Morgan fingerprint density at radius 2 is 2.04 bits per heavy atom. The molecule has 126 valence electrons. The van der Waals surface area contributed by atoms with Gasteiger partial charge in [0, 0.05) is 6.08 Å². The van der Waals surface area contributed by atoms with Crippen LogP contribution in [0.3, 0.4) is 0 Å². The third-order valence-corrected chi connectivity index (χ3v) is 3.29. The summed E-state index contributed by atoms with van der Waals surface area (Å²) >= 11 is 0. The Kier molecular flexibility index (Phi) is 9.48. The molecule has 1 atom stereocenters. The summed E-state index contributed by atoms with van der Waals surface area (Å²) in [5, 5.41) is 0. The molecule has 0 radical (unpaired) electrons. The van der Waals surface area contributed by atoms with Gasteiger partial charge in [-0.25, -0.2) is 4.79 Å². The third kappa shape index (κ3) is 8.21. The van der Waals surface area contributed by atoms with Gasteiger partial charge < -0.3 is 14.2 Å². The molecule has 1 rings (SSSR count). The minimum atomic E-state index is -0.288. The normalized spacial score (nSPS) is 12.1. The molecular weight excluding hydrogens is 292 g/mol. The highest BCUT2D eigenvalue weighted by Crippen LogP contribution is 2.14. The molecule has 1 aromatic rings. The van der Waals surface area contributed by atoms with Gasteiger partial charge in [-0.05, 0) is 43.9 Å². The second-order valence-corrected chi connectivity index (χ2v) is 5.02. The molecule has 0 saturated carbocycles. The highest BCUT2D eigenvalue weighted by molar-refractivity contribution is 5.81. The van der Waals surface area contributed by atoms with Crippen LogP contribution in [0.1, 0.15) is 31.7 Å². The number of ether oxygens (including phenoxy) is 3. The van der Waals surface area contributed by atoms with Crippen molar-refractivity contribution in [2.45, 2.75) is 38.9 Å². The Bertz CT molecular complexity index is 491. The monoisotopic (exact) mass is 318 g/mol. The number of rotatable bonds is 11. The fourth-order valence-electron chi connectivity index (χ4n) is 2.00. The maximum atomic E-state index is 11.1. The Labute approximate surface area is 138 Å². The number of hydrogen-bond acceptors (Lipinski definition) is 4. The van der Waals surface area contributed by atoms with Crippen LogP contribution in [0.15, 0.2) is 49.1 Å². The lowest BCUT2D eigenvalue weighted by atomic mass is 10.1. The molecular formula is C19H26O4. The summed E-state index contributed by atoms with van der Waals surface area (Å²) in [4.78, 5) is 11.1. The van der Waals surface area contributed by atoms with Gasteiger partial charge in [-0.2, -0.15) is 0 Å². The first-order valence-electron chi connectivity index (χ1n) is 7.90. The van der Waals surface area contributed by atoms with Gasteiger partial charge in [-0.1, -0.05) is 24.3 Å². The van der Waals surface area contributed by atoms with Crippen LogP contribution in [-0.4, -0.2) is 25.8 Å². The Balaban J connectivity index is 2.25. The van der Waals surface area contributed by atoms with Crippen molar-refractivity contribution in [3.05, 3.63) is 54.6 Å². The molecule has 0 bridgehead atoms.